The standard InChI is InChI=1S/3C12H25.C10H21.9C8H17.2C7H15.CH3.Bi.2ClH.3Sb/c3*1-3-5-7-9-11-12-10-8-6-4-2;1-3-5-7-9-10-8-6-4-2;9*1-3-5-7-8-6-4-2;2*1-3-5-7-6-4-2;;;;;;;/h3*1,3-12H2,2H3;1,3-10H2,2H3;9*1,3-8H2,2H3;2*1,3-7H2,2H3;1H3;;2*1H;;;/q;;;;;;;;;;;;;;;;-1;;;3*+1/p-2. The monoisotopic (exact) mass is 2520 g/mol. The van der Waals surface area contributed by atoms with Crippen LogP contribution in [-0.2, 0) is 0 Å². The third-order valence-corrected chi connectivity index (χ3v) is 92.6. The largest absolute Gasteiger partial charge is 1.00 e. The average molecular weight is 2530 g/mol. The molecule has 0 rings (SSSR count). The Hall–Kier alpha value is 3.92. The molecule has 0 aromatic heterocycles. The van der Waals surface area contributed by atoms with Crippen molar-refractivity contribution < 1.29 is 24.8 Å². The molecule has 0 nitrogen and oxygen atoms in total. The van der Waals surface area contributed by atoms with Crippen molar-refractivity contribution in [1.82, 2.24) is 0 Å². The smallest absolute Gasteiger partial charge is 1.00 e. The van der Waals surface area contributed by atoms with E-state index in [1.807, 2.05) is 0 Å². The van der Waals surface area contributed by atoms with Gasteiger partial charge in [0.15, 0.2) is 0 Å². The number of rotatable bonds is 117. The molecule has 0 saturated heterocycles. The van der Waals surface area contributed by atoms with Crippen molar-refractivity contribution in [1.29, 1.82) is 0 Å². The summed E-state index contributed by atoms with van der Waals surface area (Å²) < 4.78 is 28.9. The van der Waals surface area contributed by atoms with E-state index in [0.717, 1.165) is 0 Å². The Morgan fingerprint density at radius 2 is 0.158 bits per heavy atom. The van der Waals surface area contributed by atoms with Crippen molar-refractivity contribution in [3.05, 3.63) is 0 Å². The summed E-state index contributed by atoms with van der Waals surface area (Å²) in [6.07, 6.45) is 153. The van der Waals surface area contributed by atoms with Crippen molar-refractivity contribution in [2.24, 2.45) is 0 Å². The van der Waals surface area contributed by atoms with Gasteiger partial charge in [0, 0.05) is 0 Å². The van der Waals surface area contributed by atoms with Crippen LogP contribution in [-0.4, -0.2) is 76.7 Å². The van der Waals surface area contributed by atoms with Crippen LogP contribution in [0.1, 0.15) is 759 Å². The van der Waals surface area contributed by atoms with Crippen LogP contribution >= 0.6 is 0 Å². The first-order chi connectivity index (χ1) is 67.4. The van der Waals surface area contributed by atoms with Gasteiger partial charge in [-0.05, 0) is 0 Å². The molecule has 0 heterocycles. The maximum atomic E-state index is 2.83. The summed E-state index contributed by atoms with van der Waals surface area (Å²) in [6, 6.07) is 0. The van der Waals surface area contributed by atoms with Gasteiger partial charge >= 0.3 is 905 Å². The number of halogens is 2. The molecule has 0 atom stereocenters. The second-order valence-electron chi connectivity index (χ2n) is 47.3. The second kappa shape index (κ2) is 134. The van der Waals surface area contributed by atoms with E-state index >= 15 is 0 Å². The number of hydrogen-bond acceptors (Lipinski definition) is 0. The molecule has 0 aliphatic carbocycles. The molecule has 0 unspecified atom stereocenters. The molecule has 0 fully saturated rings. The van der Waals surface area contributed by atoms with Gasteiger partial charge in [-0.3, -0.25) is 0 Å². The molecular weight excluding hydrogens is 2240 g/mol. The van der Waals surface area contributed by atoms with Crippen LogP contribution in [0.2, 0.25) is 69.4 Å². The summed E-state index contributed by atoms with van der Waals surface area (Å²) in [5, 5.41) is 0. The summed E-state index contributed by atoms with van der Waals surface area (Å²) in [5.74, 6) is 0. The summed E-state index contributed by atoms with van der Waals surface area (Å²) >= 11 is -7.44. The number of unbranched alkanes of at least 4 members (excludes halogenated alkanes) is 87. The quantitative estimate of drug-likeness (QED) is 0.0421. The minimum absolute atomic E-state index is 0. The fourth-order valence-electron chi connectivity index (χ4n) is 23.0. The summed E-state index contributed by atoms with van der Waals surface area (Å²) in [7, 11) is 0. The van der Waals surface area contributed by atoms with Gasteiger partial charge in [0.05, 0.1) is 0 Å². The van der Waals surface area contributed by atoms with Crippen molar-refractivity contribution >= 4 is 76.7 Å². The van der Waals surface area contributed by atoms with Crippen LogP contribution in [0.4, 0.5) is 0 Å². The second-order valence-corrected chi connectivity index (χ2v) is 103. The van der Waals surface area contributed by atoms with Gasteiger partial charge in [-0.2, -0.15) is 0 Å². The van der Waals surface area contributed by atoms with Crippen LogP contribution < -0.4 is 24.8 Å². The van der Waals surface area contributed by atoms with Gasteiger partial charge in [-0.15, -0.1) is 0 Å². The molecule has 848 valence electrons. The van der Waals surface area contributed by atoms with Crippen LogP contribution in [0.15, 0.2) is 0 Å². The minimum atomic E-state index is -1.87. The maximum absolute atomic E-state index is 2.83. The van der Waals surface area contributed by atoms with Gasteiger partial charge < -0.3 is 24.8 Å². The van der Waals surface area contributed by atoms with Gasteiger partial charge in [0.25, 0.3) is 0 Å². The molecule has 0 aliphatic rings. The molecule has 0 N–H and O–H groups in total. The Labute approximate surface area is 920 Å². The Bertz CT molecular complexity index is 1730. The molecule has 139 heavy (non-hydrogen) atoms. The molecule has 0 radical (unpaired) electrons. The fourth-order valence-corrected chi connectivity index (χ4v) is 79.3. The van der Waals surface area contributed by atoms with Crippen LogP contribution in [0.5, 0.6) is 0 Å². The molecule has 6 heteroatoms. The summed E-state index contributed by atoms with van der Waals surface area (Å²) in [4.78, 5) is 0. The first kappa shape index (κ1) is 154. The molecule has 0 bridgehead atoms. The third kappa shape index (κ3) is 122. The van der Waals surface area contributed by atoms with Crippen molar-refractivity contribution in [3.63, 3.8) is 0 Å². The van der Waals surface area contributed by atoms with Crippen molar-refractivity contribution in [3.8, 4) is 0 Å². The van der Waals surface area contributed by atoms with E-state index in [-0.39, 0.29) is 24.8 Å². The first-order valence-corrected chi connectivity index (χ1v) is 99.3. The van der Waals surface area contributed by atoms with E-state index in [1.165, 1.54) is 482 Å². The summed E-state index contributed by atoms with van der Waals surface area (Å²) in [5.41, 5.74) is 0. The molecule has 0 aliphatic heterocycles. The predicted octanol–water partition coefficient (Wildman–Crippen LogP) is 47.5. The third-order valence-electron chi connectivity index (χ3n) is 33.0. The van der Waals surface area contributed by atoms with E-state index in [0.29, 0.717) is 0 Å². The zero-order valence-electron chi connectivity index (χ0n) is 101. The van der Waals surface area contributed by atoms with Crippen molar-refractivity contribution in [2.75, 3.05) is 0 Å². The maximum Gasteiger partial charge on any atom is -1.00 e. The van der Waals surface area contributed by atoms with Gasteiger partial charge in [0.1, 0.15) is 0 Å². The first-order valence-electron chi connectivity index (χ1n) is 66.8. The van der Waals surface area contributed by atoms with Gasteiger partial charge in [0.2, 0.25) is 0 Å². The van der Waals surface area contributed by atoms with E-state index in [2.05, 4.69) is 108 Å². The predicted molar refractivity (Wildman–Crippen MR) is 657 cm³/mol. The molecule has 0 amide bonds. The molecule has 0 aromatic carbocycles. The van der Waals surface area contributed by atoms with E-state index in [9.17, 15) is 0 Å². The Morgan fingerprint density at radius 1 is 0.0935 bits per heavy atom. The normalized spacial score (nSPS) is 11.9. The average Bonchev–Trinajstić information content (AvgIpc) is 0.876. The van der Waals surface area contributed by atoms with E-state index < -0.39 is 76.7 Å². The Kier molecular flexibility index (Phi) is 148. The molecule has 0 spiro atoms. The van der Waals surface area contributed by atoms with Crippen LogP contribution in [0.25, 0.3) is 0 Å². The zero-order chi connectivity index (χ0) is 101. The molecule has 0 saturated carbocycles. The van der Waals surface area contributed by atoms with Crippen LogP contribution in [0, 0.1) is 0 Å². The molecular formula is C133H282BiCl2Sb3. The Morgan fingerprint density at radius 3 is 0.237 bits per heavy atom. The van der Waals surface area contributed by atoms with E-state index in [4.69, 9.17) is 0 Å². The fraction of sp³-hybridized carbons (Fsp3) is 1.00. The van der Waals surface area contributed by atoms with Gasteiger partial charge in [-0.25, -0.2) is 0 Å². The molecule has 0 aromatic rings. The Balaban J connectivity index is -0.000000426. The van der Waals surface area contributed by atoms with Gasteiger partial charge in [-0.1, -0.05) is 0 Å². The minimum Gasteiger partial charge on any atom is -1.00 e. The van der Waals surface area contributed by atoms with Crippen molar-refractivity contribution in [2.45, 2.75) is 828 Å². The number of hydrogen-bond donors (Lipinski definition) is 0. The van der Waals surface area contributed by atoms with E-state index in [1.54, 1.807) is 238 Å². The SMILES string of the molecule is CCCCCCCCCCC[CH2][Sb+]([CH2]CCCCCCC)([CH2]CCCCCCC)[CH2]CCCCCCC.CCCCCCCCCCC[CH2][Sb+]([CH2]CCCCCCC)([CH2]CCCCCCC)[CH2]CCCCCCC.CCCCCCCCCCC[CH2][Sb+]([CH2]CCCCCCC)([CH2]CCCCCCC)[CH2]CCCCCCC.CCCCCCCCC[CH2][Bi-]([CH3])([CH2]CCCCCC)[CH2]CCCCCC.[Cl-].[Cl-]. The van der Waals surface area contributed by atoms with Crippen LogP contribution in [0.3, 0.4) is 0 Å². The topological polar surface area (TPSA) is 0 Å². The zero-order valence-corrected chi connectivity index (χ0v) is 114. The summed E-state index contributed by atoms with van der Waals surface area (Å²) in [6.45, 7) is 35.2.